The van der Waals surface area contributed by atoms with Crippen LogP contribution >= 0.6 is 0 Å². The van der Waals surface area contributed by atoms with Gasteiger partial charge in [0.15, 0.2) is 0 Å². The molecule has 0 fully saturated rings. The number of rotatable bonds is 5. The lowest BCUT2D eigenvalue weighted by Gasteiger charge is -2.01. The Balaban J connectivity index is 2.16. The van der Waals surface area contributed by atoms with Gasteiger partial charge in [0.05, 0.1) is 22.5 Å². The molecular weight excluding hydrogens is 266 g/mol. The highest BCUT2D eigenvalue weighted by Crippen LogP contribution is 2.14. The molecule has 9 nitrogen and oxygen atoms in total. The van der Waals surface area contributed by atoms with Crippen molar-refractivity contribution in [2.75, 3.05) is 0 Å². The quantitative estimate of drug-likeness (QED) is 0.585. The van der Waals surface area contributed by atoms with Crippen molar-refractivity contribution in [3.8, 4) is 5.69 Å². The van der Waals surface area contributed by atoms with E-state index < -0.39 is 16.9 Å². The highest BCUT2D eigenvalue weighted by Gasteiger charge is 2.15. The summed E-state index contributed by atoms with van der Waals surface area (Å²) in [7, 11) is 0. The molecule has 1 atom stereocenters. The van der Waals surface area contributed by atoms with E-state index in [-0.39, 0.29) is 12.1 Å². The van der Waals surface area contributed by atoms with E-state index in [9.17, 15) is 14.9 Å². The van der Waals surface area contributed by atoms with Crippen LogP contribution in [0.25, 0.3) is 5.69 Å². The number of carboxylic acids is 1. The number of nitrogens with two attached hydrogens (primary N) is 1. The monoisotopic (exact) mass is 277 g/mol. The highest BCUT2D eigenvalue weighted by molar-refractivity contribution is 5.73. The van der Waals surface area contributed by atoms with E-state index in [2.05, 4.69) is 10.3 Å². The largest absolute Gasteiger partial charge is 0.480 e. The number of nitrogens with zero attached hydrogens (tertiary/aromatic N) is 4. The number of benzene rings is 1. The molecule has 0 bridgehead atoms. The number of carbonyl (C=O) groups is 1. The zero-order valence-corrected chi connectivity index (χ0v) is 10.2. The third-order valence-electron chi connectivity index (χ3n) is 2.61. The number of non-ortho nitro benzene ring substituents is 1. The molecule has 0 spiro atoms. The van der Waals surface area contributed by atoms with E-state index in [1.165, 1.54) is 35.1 Å². The molecule has 2 aromatic rings. The van der Waals surface area contributed by atoms with Gasteiger partial charge in [0.25, 0.3) is 5.69 Å². The van der Waals surface area contributed by atoms with E-state index in [4.69, 9.17) is 10.8 Å². The lowest BCUT2D eigenvalue weighted by molar-refractivity contribution is -0.384. The lowest BCUT2D eigenvalue weighted by atomic mass is 10.2. The molecule has 0 radical (unpaired) electrons. The molecule has 0 aliphatic rings. The number of aliphatic carboxylic acids is 1. The topological polar surface area (TPSA) is 137 Å². The molecule has 0 aliphatic heterocycles. The molecule has 104 valence electrons. The van der Waals surface area contributed by atoms with Crippen LogP contribution in [-0.2, 0) is 11.2 Å². The summed E-state index contributed by atoms with van der Waals surface area (Å²) in [4.78, 5) is 20.7. The van der Waals surface area contributed by atoms with Gasteiger partial charge >= 0.3 is 5.97 Å². The van der Waals surface area contributed by atoms with Gasteiger partial charge in [-0.15, -0.1) is 5.10 Å². The third kappa shape index (κ3) is 2.95. The van der Waals surface area contributed by atoms with Crippen LogP contribution in [0.1, 0.15) is 5.69 Å². The Kier molecular flexibility index (Phi) is 3.71. The molecule has 1 heterocycles. The van der Waals surface area contributed by atoms with Crippen molar-refractivity contribution in [1.29, 1.82) is 0 Å². The highest BCUT2D eigenvalue weighted by atomic mass is 16.6. The van der Waals surface area contributed by atoms with E-state index in [0.717, 1.165) is 0 Å². The number of hydrogen-bond acceptors (Lipinski definition) is 6. The third-order valence-corrected chi connectivity index (χ3v) is 2.61. The average molecular weight is 277 g/mol. The van der Waals surface area contributed by atoms with Gasteiger partial charge < -0.3 is 10.8 Å². The zero-order chi connectivity index (χ0) is 14.7. The maximum atomic E-state index is 10.6. The lowest BCUT2D eigenvalue weighted by Crippen LogP contribution is -2.32. The fourth-order valence-corrected chi connectivity index (χ4v) is 1.56. The van der Waals surface area contributed by atoms with Crippen LogP contribution in [-0.4, -0.2) is 37.0 Å². The van der Waals surface area contributed by atoms with Crippen molar-refractivity contribution in [2.45, 2.75) is 12.5 Å². The van der Waals surface area contributed by atoms with Gasteiger partial charge in [-0.25, -0.2) is 4.68 Å². The molecule has 0 amide bonds. The standard InChI is InChI=1S/C11H11N5O4/c12-10(11(17)18)5-7-6-15(14-13-7)8-1-3-9(4-2-8)16(19)20/h1-4,6,10H,5,12H2,(H,17,18). The van der Waals surface area contributed by atoms with Crippen LogP contribution in [0.4, 0.5) is 5.69 Å². The number of aromatic nitrogens is 3. The first-order valence-corrected chi connectivity index (χ1v) is 5.62. The summed E-state index contributed by atoms with van der Waals surface area (Å²) in [5, 5.41) is 26.9. The fourth-order valence-electron chi connectivity index (χ4n) is 1.56. The van der Waals surface area contributed by atoms with E-state index in [0.29, 0.717) is 11.4 Å². The number of hydrogen-bond donors (Lipinski definition) is 2. The number of nitro groups is 1. The van der Waals surface area contributed by atoms with Gasteiger partial charge in [-0.2, -0.15) is 0 Å². The van der Waals surface area contributed by atoms with Gasteiger partial charge in [0, 0.05) is 18.6 Å². The second-order valence-electron chi connectivity index (χ2n) is 4.08. The predicted molar refractivity (Wildman–Crippen MR) is 67.3 cm³/mol. The minimum atomic E-state index is -1.12. The Labute approximate surface area is 112 Å². The molecule has 1 unspecified atom stereocenters. The van der Waals surface area contributed by atoms with Crippen molar-refractivity contribution in [3.05, 3.63) is 46.3 Å². The molecule has 0 saturated carbocycles. The summed E-state index contributed by atoms with van der Waals surface area (Å²) in [6, 6.07) is 4.69. The van der Waals surface area contributed by atoms with Crippen molar-refractivity contribution < 1.29 is 14.8 Å². The van der Waals surface area contributed by atoms with E-state index in [1.807, 2.05) is 0 Å². The molecule has 1 aromatic heterocycles. The Morgan fingerprint density at radius 2 is 2.10 bits per heavy atom. The van der Waals surface area contributed by atoms with Crippen LogP contribution in [0.2, 0.25) is 0 Å². The SMILES string of the molecule is NC(Cc1cn(-c2ccc([N+](=O)[O-])cc2)nn1)C(=O)O. The van der Waals surface area contributed by atoms with Gasteiger partial charge in [-0.1, -0.05) is 5.21 Å². The molecule has 3 N–H and O–H groups in total. The number of carboxylic acid groups (broad SMARTS) is 1. The summed E-state index contributed by atoms with van der Waals surface area (Å²) in [5.74, 6) is -1.12. The molecule has 0 aliphatic carbocycles. The molecule has 0 saturated heterocycles. The van der Waals surface area contributed by atoms with E-state index >= 15 is 0 Å². The van der Waals surface area contributed by atoms with Crippen LogP contribution < -0.4 is 5.73 Å². The van der Waals surface area contributed by atoms with Crippen molar-refractivity contribution in [1.82, 2.24) is 15.0 Å². The average Bonchev–Trinajstić information content (AvgIpc) is 2.87. The van der Waals surface area contributed by atoms with Gasteiger partial charge in [0.1, 0.15) is 6.04 Å². The van der Waals surface area contributed by atoms with E-state index in [1.54, 1.807) is 0 Å². The van der Waals surface area contributed by atoms with Crippen molar-refractivity contribution >= 4 is 11.7 Å². The Bertz CT molecular complexity index is 637. The van der Waals surface area contributed by atoms with Crippen molar-refractivity contribution in [2.24, 2.45) is 5.73 Å². The smallest absolute Gasteiger partial charge is 0.320 e. The van der Waals surface area contributed by atoms with Crippen LogP contribution in [0.3, 0.4) is 0 Å². The zero-order valence-electron chi connectivity index (χ0n) is 10.2. The maximum Gasteiger partial charge on any atom is 0.320 e. The predicted octanol–water partition coefficient (Wildman–Crippen LogP) is 0.130. The Morgan fingerprint density at radius 1 is 1.45 bits per heavy atom. The van der Waals surface area contributed by atoms with Gasteiger partial charge in [0.2, 0.25) is 0 Å². The minimum absolute atomic E-state index is 0.0259. The van der Waals surface area contributed by atoms with Gasteiger partial charge in [-0.3, -0.25) is 14.9 Å². The molecule has 1 aromatic carbocycles. The summed E-state index contributed by atoms with van der Waals surface area (Å²) in [6.45, 7) is 0. The first kappa shape index (κ1) is 13.6. The molecule has 2 rings (SSSR count). The second-order valence-corrected chi connectivity index (χ2v) is 4.08. The number of nitro benzene ring substituents is 1. The molecular formula is C11H11N5O4. The fraction of sp³-hybridized carbons (Fsp3) is 0.182. The van der Waals surface area contributed by atoms with Gasteiger partial charge in [-0.05, 0) is 12.1 Å². The summed E-state index contributed by atoms with van der Waals surface area (Å²) >= 11 is 0. The molecule has 20 heavy (non-hydrogen) atoms. The first-order chi connectivity index (χ1) is 9.47. The Hall–Kier alpha value is -2.81. The minimum Gasteiger partial charge on any atom is -0.480 e. The Morgan fingerprint density at radius 3 is 2.65 bits per heavy atom. The van der Waals surface area contributed by atoms with Crippen LogP contribution in [0.5, 0.6) is 0 Å². The summed E-state index contributed by atoms with van der Waals surface area (Å²) in [6.07, 6.45) is 1.59. The second kappa shape index (κ2) is 5.45. The van der Waals surface area contributed by atoms with Crippen LogP contribution in [0.15, 0.2) is 30.5 Å². The first-order valence-electron chi connectivity index (χ1n) is 5.62. The van der Waals surface area contributed by atoms with Crippen LogP contribution in [0, 0.1) is 10.1 Å². The summed E-state index contributed by atoms with van der Waals surface area (Å²) < 4.78 is 1.40. The normalized spacial score (nSPS) is 12.1. The van der Waals surface area contributed by atoms with Crippen molar-refractivity contribution in [3.63, 3.8) is 0 Å². The summed E-state index contributed by atoms with van der Waals surface area (Å²) in [5.41, 5.74) is 6.38. The molecule has 9 heteroatoms. The maximum absolute atomic E-state index is 10.6.